The lowest BCUT2D eigenvalue weighted by atomic mass is 10.1. The quantitative estimate of drug-likeness (QED) is 0.287. The van der Waals surface area contributed by atoms with Gasteiger partial charge < -0.3 is 10.2 Å². The first-order valence-corrected chi connectivity index (χ1v) is 19.9. The summed E-state index contributed by atoms with van der Waals surface area (Å²) in [7, 11) is -8.82. The number of phenols is 2. The third-order valence-corrected chi connectivity index (χ3v) is 12.4. The number of aromatic hydroxyl groups is 2. The highest BCUT2D eigenvalue weighted by Gasteiger charge is 2.37. The van der Waals surface area contributed by atoms with E-state index in [1.54, 1.807) is 42.7 Å². The molecule has 2 aliphatic rings. The number of carbonyl (C=O) groups excluding carboxylic acids is 2. The van der Waals surface area contributed by atoms with Crippen molar-refractivity contribution < 1.29 is 40.8 Å². The maximum absolute atomic E-state index is 12.8. The molecule has 0 radical (unpaired) electrons. The van der Waals surface area contributed by atoms with Gasteiger partial charge in [0.1, 0.15) is 35.4 Å². The Kier molecular flexibility index (Phi) is 9.58. The van der Waals surface area contributed by atoms with Crippen LogP contribution in [0.2, 0.25) is 0 Å². The van der Waals surface area contributed by atoms with Crippen molar-refractivity contribution in [3.63, 3.8) is 0 Å². The highest BCUT2D eigenvalue weighted by molar-refractivity contribution is 7.98. The number of phenolic OH excluding ortho intramolecular Hbond substituents is 2. The van der Waals surface area contributed by atoms with Crippen molar-refractivity contribution in [1.82, 2.24) is 0 Å². The highest BCUT2D eigenvalue weighted by atomic mass is 32.2. The monoisotopic (exact) mass is 736 g/mol. The van der Waals surface area contributed by atoms with Crippen molar-refractivity contribution in [1.29, 1.82) is 10.5 Å². The number of nitriles is 2. The average Bonchev–Trinajstić information content (AvgIpc) is 3.53. The van der Waals surface area contributed by atoms with Crippen LogP contribution in [0.25, 0.3) is 0 Å². The number of hydrogen-bond donors (Lipinski definition) is 2. The number of anilines is 2. The summed E-state index contributed by atoms with van der Waals surface area (Å²) in [5.41, 5.74) is 0.469. The number of benzene rings is 4. The van der Waals surface area contributed by atoms with E-state index in [2.05, 4.69) is 0 Å². The van der Waals surface area contributed by atoms with Gasteiger partial charge >= 0.3 is 0 Å². The third kappa shape index (κ3) is 6.49. The smallest absolute Gasteiger partial charge is 0.259 e. The molecule has 0 saturated carbocycles. The number of sulfone groups is 2. The van der Waals surface area contributed by atoms with Gasteiger partial charge in [-0.25, -0.2) is 16.8 Å². The van der Waals surface area contributed by atoms with Gasteiger partial charge in [-0.15, -0.1) is 11.8 Å². The third-order valence-electron chi connectivity index (χ3n) is 7.48. The van der Waals surface area contributed by atoms with Crippen LogP contribution in [0.4, 0.5) is 11.4 Å². The minimum Gasteiger partial charge on any atom is -0.505 e. The number of thioether (sulfide) groups is 1. The maximum Gasteiger partial charge on any atom is 0.259 e. The molecule has 0 fully saturated rings. The Morgan fingerprint density at radius 2 is 1.18 bits per heavy atom. The molecule has 2 N–H and O–H groups in total. The number of amides is 2. The van der Waals surface area contributed by atoms with E-state index in [-0.39, 0.29) is 48.4 Å². The van der Waals surface area contributed by atoms with Crippen molar-refractivity contribution >= 4 is 65.4 Å². The van der Waals surface area contributed by atoms with Crippen molar-refractivity contribution in [2.45, 2.75) is 19.6 Å². The second kappa shape index (κ2) is 13.4. The molecule has 2 aliphatic heterocycles. The van der Waals surface area contributed by atoms with Crippen LogP contribution in [0.5, 0.6) is 11.5 Å². The van der Waals surface area contributed by atoms with Gasteiger partial charge in [0, 0.05) is 17.4 Å². The first-order valence-electron chi connectivity index (χ1n) is 13.8. The lowest BCUT2D eigenvalue weighted by molar-refractivity contribution is 0.0983. The molecule has 0 aromatic heterocycles. The second-order valence-corrected chi connectivity index (χ2v) is 16.6. The highest BCUT2D eigenvalue weighted by Crippen LogP contribution is 2.38. The SMILES string of the molecule is CS(=O)c1cc(C(=O)N2CS(=O)(=O)c3ccccc32)cc(C#N)c1O.CSc1cc(C(=O)N2CS(=O)(=O)c3ccccc32)cc(C#N)c1O. The van der Waals surface area contributed by atoms with Gasteiger partial charge in [-0.1, -0.05) is 24.3 Å². The summed E-state index contributed by atoms with van der Waals surface area (Å²) >= 11 is 1.19. The van der Waals surface area contributed by atoms with Gasteiger partial charge in [0.25, 0.3) is 11.8 Å². The van der Waals surface area contributed by atoms with Gasteiger partial charge in [-0.05, 0) is 54.8 Å². The van der Waals surface area contributed by atoms with E-state index in [0.717, 1.165) is 11.0 Å². The van der Waals surface area contributed by atoms with Gasteiger partial charge in [0.05, 0.1) is 52.9 Å². The summed E-state index contributed by atoms with van der Waals surface area (Å²) < 4.78 is 60.6. The first kappa shape index (κ1) is 35.1. The van der Waals surface area contributed by atoms with Crippen molar-refractivity contribution in [2.75, 3.05) is 34.1 Å². The molecule has 250 valence electrons. The molecule has 17 heteroatoms. The van der Waals surface area contributed by atoms with Gasteiger partial charge in [-0.2, -0.15) is 10.5 Å². The number of rotatable bonds is 4. The summed E-state index contributed by atoms with van der Waals surface area (Å²) in [5, 5.41) is 38.1. The maximum atomic E-state index is 12.8. The lowest BCUT2D eigenvalue weighted by Crippen LogP contribution is -2.30. The molecule has 2 heterocycles. The molecule has 4 aromatic carbocycles. The molecular weight excluding hydrogens is 713 g/mol. The standard InChI is InChI=1S/C16H12N2O5S2.C16H12N2O4S2/c1-24(21)13-7-10(6-11(8-17)15(13)19)16(20)18-9-25(22,23)14-5-3-2-4-12(14)18;1-23-13-7-10(6-11(8-17)15(13)19)16(20)18-9-24(21,22)14-5-3-2-4-12(14)18/h2-7,19H,9H2,1H3;2-7,19H,9H2,1H3. The average molecular weight is 737 g/mol. The van der Waals surface area contributed by atoms with Crippen LogP contribution >= 0.6 is 11.8 Å². The van der Waals surface area contributed by atoms with Crippen molar-refractivity contribution in [3.05, 3.63) is 95.1 Å². The molecule has 13 nitrogen and oxygen atoms in total. The van der Waals surface area contributed by atoms with E-state index in [0.29, 0.717) is 10.6 Å². The van der Waals surface area contributed by atoms with Gasteiger partial charge in [0.15, 0.2) is 19.7 Å². The Labute approximate surface area is 287 Å². The normalized spacial score (nSPS) is 15.5. The minimum absolute atomic E-state index is 0.0218. The van der Waals surface area contributed by atoms with Crippen LogP contribution in [0.3, 0.4) is 0 Å². The van der Waals surface area contributed by atoms with E-state index >= 15 is 0 Å². The molecule has 0 aliphatic carbocycles. The molecule has 49 heavy (non-hydrogen) atoms. The summed E-state index contributed by atoms with van der Waals surface area (Å²) in [6.45, 7) is 0. The Bertz CT molecular complexity index is 2400. The Hall–Kier alpha value is -5.20. The molecule has 4 aromatic rings. The fourth-order valence-corrected chi connectivity index (χ4v) is 9.42. The van der Waals surface area contributed by atoms with E-state index in [4.69, 9.17) is 10.5 Å². The largest absolute Gasteiger partial charge is 0.505 e. The van der Waals surface area contributed by atoms with Crippen LogP contribution < -0.4 is 9.80 Å². The lowest BCUT2D eigenvalue weighted by Gasteiger charge is -2.16. The molecule has 0 spiro atoms. The van der Waals surface area contributed by atoms with E-state index in [1.165, 1.54) is 59.3 Å². The fraction of sp³-hybridized carbons (Fsp3) is 0.125. The van der Waals surface area contributed by atoms with Crippen molar-refractivity contribution in [3.8, 4) is 23.6 Å². The number of hydrogen-bond acceptors (Lipinski definition) is 12. The first-order chi connectivity index (χ1) is 23.1. The van der Waals surface area contributed by atoms with Gasteiger partial charge in [-0.3, -0.25) is 23.6 Å². The number of carbonyl (C=O) groups is 2. The molecule has 1 atom stereocenters. The molecule has 1 unspecified atom stereocenters. The Morgan fingerprint density at radius 1 is 0.755 bits per heavy atom. The summed E-state index contributed by atoms with van der Waals surface area (Å²) in [4.78, 5) is 28.4. The second-order valence-electron chi connectivity index (χ2n) is 10.5. The predicted molar refractivity (Wildman–Crippen MR) is 180 cm³/mol. The Balaban J connectivity index is 0.000000191. The molecule has 6 rings (SSSR count). The molecule has 0 bridgehead atoms. The topological polar surface area (TPSA) is 214 Å². The van der Waals surface area contributed by atoms with Crippen LogP contribution in [0, 0.1) is 22.7 Å². The van der Waals surface area contributed by atoms with Crippen LogP contribution in [-0.2, 0) is 30.5 Å². The minimum atomic E-state index is -3.63. The number of fused-ring (bicyclic) bond motifs is 2. The molecule has 0 saturated heterocycles. The van der Waals surface area contributed by atoms with Crippen LogP contribution in [0.1, 0.15) is 31.8 Å². The number of para-hydroxylation sites is 2. The zero-order valence-electron chi connectivity index (χ0n) is 25.5. The number of nitrogens with zero attached hydrogens (tertiary/aromatic N) is 4. The zero-order valence-corrected chi connectivity index (χ0v) is 28.8. The van der Waals surface area contributed by atoms with Crippen molar-refractivity contribution in [2.24, 2.45) is 0 Å². The Morgan fingerprint density at radius 3 is 1.61 bits per heavy atom. The van der Waals surface area contributed by atoms with Crippen LogP contribution in [-0.4, -0.2) is 67.3 Å². The summed E-state index contributed by atoms with van der Waals surface area (Å²) in [5.74, 6) is -2.78. The predicted octanol–water partition coefficient (Wildman–Crippen LogP) is 3.77. The molecular formula is C32H24N4O9S4. The molecule has 2 amide bonds. The van der Waals surface area contributed by atoms with E-state index in [9.17, 15) is 40.8 Å². The van der Waals surface area contributed by atoms with Crippen LogP contribution in [0.15, 0.2) is 92.4 Å². The van der Waals surface area contributed by atoms with E-state index < -0.39 is 59.8 Å². The fourth-order valence-electron chi connectivity index (χ4n) is 5.16. The summed E-state index contributed by atoms with van der Waals surface area (Å²) in [6.07, 6.45) is 3.01. The van der Waals surface area contributed by atoms with E-state index in [1.807, 2.05) is 6.07 Å². The zero-order chi connectivity index (χ0) is 35.8. The van der Waals surface area contributed by atoms with Gasteiger partial charge in [0.2, 0.25) is 0 Å². The summed E-state index contributed by atoms with van der Waals surface area (Å²) in [6, 6.07) is 21.1.